The molecule has 3 heteroatoms. The third-order valence-corrected chi connectivity index (χ3v) is 3.20. The van der Waals surface area contributed by atoms with Gasteiger partial charge in [-0.15, -0.1) is 0 Å². The molecule has 1 aliphatic carbocycles. The molecule has 2 atom stereocenters. The summed E-state index contributed by atoms with van der Waals surface area (Å²) < 4.78 is 0. The fraction of sp³-hybridized carbons (Fsp3) is 0.357. The fourth-order valence-electron chi connectivity index (χ4n) is 2.42. The first-order valence-electron chi connectivity index (χ1n) is 5.74. The van der Waals surface area contributed by atoms with E-state index in [0.717, 1.165) is 16.7 Å². The zero-order valence-electron chi connectivity index (χ0n) is 9.92. The van der Waals surface area contributed by atoms with Crippen LogP contribution in [0.5, 0.6) is 0 Å². The van der Waals surface area contributed by atoms with Crippen molar-refractivity contribution in [2.45, 2.75) is 20.0 Å². The zero-order chi connectivity index (χ0) is 12.6. The molecule has 0 saturated carbocycles. The van der Waals surface area contributed by atoms with E-state index >= 15 is 0 Å². The second-order valence-corrected chi connectivity index (χ2v) is 4.71. The molecule has 90 valence electrons. The molecule has 0 aliphatic heterocycles. The fourth-order valence-corrected chi connectivity index (χ4v) is 2.42. The Kier molecular flexibility index (Phi) is 3.03. The smallest absolute Gasteiger partial charge is 0.311 e. The number of rotatable bonds is 3. The van der Waals surface area contributed by atoms with Gasteiger partial charge in [-0.25, -0.2) is 0 Å². The van der Waals surface area contributed by atoms with Crippen molar-refractivity contribution in [3.05, 3.63) is 41.5 Å². The Morgan fingerprint density at radius 1 is 1.29 bits per heavy atom. The van der Waals surface area contributed by atoms with Gasteiger partial charge in [0.2, 0.25) is 0 Å². The van der Waals surface area contributed by atoms with Gasteiger partial charge in [0.15, 0.2) is 0 Å². The molecule has 1 aromatic carbocycles. The lowest BCUT2D eigenvalue weighted by Gasteiger charge is -2.18. The third-order valence-electron chi connectivity index (χ3n) is 3.20. The SMILES string of the molecule is CC(C)C(C(=O)O)C1=CC(O)c2ccccc21. The highest BCUT2D eigenvalue weighted by molar-refractivity contribution is 5.90. The maximum absolute atomic E-state index is 11.3. The van der Waals surface area contributed by atoms with Crippen LogP contribution in [0.4, 0.5) is 0 Å². The molecule has 0 bridgehead atoms. The monoisotopic (exact) mass is 232 g/mol. The van der Waals surface area contributed by atoms with Crippen molar-refractivity contribution >= 4 is 11.5 Å². The van der Waals surface area contributed by atoms with E-state index < -0.39 is 18.0 Å². The number of hydrogen-bond donors (Lipinski definition) is 2. The van der Waals surface area contributed by atoms with Crippen LogP contribution in [0.2, 0.25) is 0 Å². The molecule has 2 N–H and O–H groups in total. The minimum absolute atomic E-state index is 0.00268. The minimum atomic E-state index is -0.838. The van der Waals surface area contributed by atoms with Crippen LogP contribution in [0.1, 0.15) is 31.1 Å². The molecule has 17 heavy (non-hydrogen) atoms. The first kappa shape index (κ1) is 11.9. The summed E-state index contributed by atoms with van der Waals surface area (Å²) in [4.78, 5) is 11.3. The Bertz CT molecular complexity index is 474. The molecule has 0 radical (unpaired) electrons. The zero-order valence-corrected chi connectivity index (χ0v) is 9.92. The highest BCUT2D eigenvalue weighted by atomic mass is 16.4. The maximum Gasteiger partial charge on any atom is 0.311 e. The number of carboxylic acids is 1. The highest BCUT2D eigenvalue weighted by Crippen LogP contribution is 2.40. The molecule has 0 fully saturated rings. The van der Waals surface area contributed by atoms with E-state index in [1.54, 1.807) is 6.08 Å². The van der Waals surface area contributed by atoms with Gasteiger partial charge in [0.05, 0.1) is 12.0 Å². The van der Waals surface area contributed by atoms with Crippen molar-refractivity contribution in [3.63, 3.8) is 0 Å². The van der Waals surface area contributed by atoms with Crippen LogP contribution in [0.25, 0.3) is 5.57 Å². The summed E-state index contributed by atoms with van der Waals surface area (Å²) in [5.74, 6) is -1.40. The first-order chi connectivity index (χ1) is 8.02. The van der Waals surface area contributed by atoms with Gasteiger partial charge in [0.25, 0.3) is 0 Å². The van der Waals surface area contributed by atoms with Gasteiger partial charge in [-0.3, -0.25) is 4.79 Å². The van der Waals surface area contributed by atoms with E-state index in [9.17, 15) is 15.0 Å². The van der Waals surface area contributed by atoms with Crippen LogP contribution in [-0.4, -0.2) is 16.2 Å². The Morgan fingerprint density at radius 3 is 2.53 bits per heavy atom. The summed E-state index contributed by atoms with van der Waals surface area (Å²) in [6, 6.07) is 7.42. The Hall–Kier alpha value is -1.61. The van der Waals surface area contributed by atoms with Crippen LogP contribution < -0.4 is 0 Å². The number of hydrogen-bond acceptors (Lipinski definition) is 2. The predicted molar refractivity (Wildman–Crippen MR) is 65.3 cm³/mol. The van der Waals surface area contributed by atoms with E-state index in [-0.39, 0.29) is 5.92 Å². The standard InChI is InChI=1S/C14H16O3/c1-8(2)13(14(16)17)11-7-12(15)10-6-4-3-5-9(10)11/h3-8,12-13,15H,1-2H3,(H,16,17). The minimum Gasteiger partial charge on any atom is -0.481 e. The summed E-state index contributed by atoms with van der Waals surface area (Å²) in [6.45, 7) is 3.76. The number of fused-ring (bicyclic) bond motifs is 1. The maximum atomic E-state index is 11.3. The van der Waals surface area contributed by atoms with Crippen LogP contribution in [0, 0.1) is 11.8 Å². The highest BCUT2D eigenvalue weighted by Gasteiger charge is 2.32. The summed E-state index contributed by atoms with van der Waals surface area (Å²) >= 11 is 0. The van der Waals surface area contributed by atoms with Crippen molar-refractivity contribution in [3.8, 4) is 0 Å². The van der Waals surface area contributed by atoms with Gasteiger partial charge in [0.1, 0.15) is 0 Å². The summed E-state index contributed by atoms with van der Waals surface area (Å²) in [5, 5.41) is 19.2. The number of aliphatic hydroxyl groups excluding tert-OH is 1. The second-order valence-electron chi connectivity index (χ2n) is 4.71. The molecule has 2 rings (SSSR count). The largest absolute Gasteiger partial charge is 0.481 e. The van der Waals surface area contributed by atoms with Crippen molar-refractivity contribution in [1.82, 2.24) is 0 Å². The van der Waals surface area contributed by atoms with Gasteiger partial charge < -0.3 is 10.2 Å². The number of aliphatic hydroxyl groups is 1. The molecular weight excluding hydrogens is 216 g/mol. The molecule has 3 nitrogen and oxygen atoms in total. The molecule has 0 saturated heterocycles. The van der Waals surface area contributed by atoms with Crippen LogP contribution in [0.3, 0.4) is 0 Å². The molecular formula is C14H16O3. The molecule has 1 aromatic rings. The van der Waals surface area contributed by atoms with Crippen molar-refractivity contribution in [1.29, 1.82) is 0 Å². The van der Waals surface area contributed by atoms with Crippen LogP contribution in [-0.2, 0) is 4.79 Å². The summed E-state index contributed by atoms with van der Waals surface area (Å²) in [7, 11) is 0. The Labute approximate surface area is 100 Å². The number of aliphatic carboxylic acids is 1. The van der Waals surface area contributed by atoms with E-state index in [2.05, 4.69) is 0 Å². The van der Waals surface area contributed by atoms with Gasteiger partial charge in [-0.2, -0.15) is 0 Å². The topological polar surface area (TPSA) is 57.5 Å². The van der Waals surface area contributed by atoms with Crippen molar-refractivity contribution in [2.24, 2.45) is 11.8 Å². The average Bonchev–Trinajstić information content (AvgIpc) is 2.56. The molecule has 0 aromatic heterocycles. The molecule has 0 heterocycles. The van der Waals surface area contributed by atoms with Gasteiger partial charge in [-0.05, 0) is 28.7 Å². The number of benzene rings is 1. The Morgan fingerprint density at radius 2 is 1.94 bits per heavy atom. The van der Waals surface area contributed by atoms with Gasteiger partial charge >= 0.3 is 5.97 Å². The van der Waals surface area contributed by atoms with E-state index in [0.29, 0.717) is 0 Å². The van der Waals surface area contributed by atoms with E-state index in [4.69, 9.17) is 0 Å². The number of carboxylic acid groups (broad SMARTS) is 1. The van der Waals surface area contributed by atoms with Crippen LogP contribution >= 0.6 is 0 Å². The molecule has 1 aliphatic rings. The van der Waals surface area contributed by atoms with E-state index in [1.165, 1.54) is 0 Å². The van der Waals surface area contributed by atoms with Gasteiger partial charge in [0, 0.05) is 0 Å². The normalized spacial score (nSPS) is 20.0. The lowest BCUT2D eigenvalue weighted by atomic mass is 9.85. The van der Waals surface area contributed by atoms with Crippen molar-refractivity contribution < 1.29 is 15.0 Å². The quantitative estimate of drug-likeness (QED) is 0.841. The Balaban J connectivity index is 2.47. The van der Waals surface area contributed by atoms with Crippen molar-refractivity contribution in [2.75, 3.05) is 0 Å². The predicted octanol–water partition coefficient (Wildman–Crippen LogP) is 2.47. The van der Waals surface area contributed by atoms with Crippen LogP contribution in [0.15, 0.2) is 30.3 Å². The number of carbonyl (C=O) groups is 1. The van der Waals surface area contributed by atoms with Gasteiger partial charge in [-0.1, -0.05) is 38.1 Å². The summed E-state index contributed by atoms with van der Waals surface area (Å²) in [5.41, 5.74) is 2.39. The molecule has 0 spiro atoms. The lowest BCUT2D eigenvalue weighted by molar-refractivity contribution is -0.140. The average molecular weight is 232 g/mol. The van der Waals surface area contributed by atoms with E-state index in [1.807, 2.05) is 38.1 Å². The third kappa shape index (κ3) is 1.98. The lowest BCUT2D eigenvalue weighted by Crippen LogP contribution is -2.20. The first-order valence-corrected chi connectivity index (χ1v) is 5.74. The summed E-state index contributed by atoms with van der Waals surface area (Å²) in [6.07, 6.45) is 0.977. The molecule has 0 amide bonds. The molecule has 2 unspecified atom stereocenters. The second kappa shape index (κ2) is 4.34.